The van der Waals surface area contributed by atoms with Crippen molar-refractivity contribution in [1.82, 2.24) is 20.4 Å². The second kappa shape index (κ2) is 11.7. The maximum Gasteiger partial charge on any atom is 0.241 e. The van der Waals surface area contributed by atoms with Gasteiger partial charge in [-0.3, -0.25) is 9.69 Å². The van der Waals surface area contributed by atoms with Gasteiger partial charge in [-0.2, -0.15) is 0 Å². The minimum absolute atomic E-state index is 0.0225. The van der Waals surface area contributed by atoms with Crippen LogP contribution in [0.4, 0.5) is 0 Å². The molecule has 1 aliphatic heterocycles. The Balaban J connectivity index is 1.88. The number of hydrogen-bond donors (Lipinski definition) is 2. The van der Waals surface area contributed by atoms with Gasteiger partial charge in [0.1, 0.15) is 0 Å². The molecule has 1 amide bonds. The summed E-state index contributed by atoms with van der Waals surface area (Å²) in [6, 6.07) is 6.40. The van der Waals surface area contributed by atoms with E-state index in [1.165, 1.54) is 16.7 Å². The van der Waals surface area contributed by atoms with Crippen LogP contribution in [0.3, 0.4) is 0 Å². The summed E-state index contributed by atoms with van der Waals surface area (Å²) in [5.41, 5.74) is 3.68. The van der Waals surface area contributed by atoms with Crippen LogP contribution in [0, 0.1) is 13.8 Å². The maximum atomic E-state index is 11.9. The third-order valence-corrected chi connectivity index (χ3v) is 4.86. The number of carbonyl (C=O) groups is 1. The summed E-state index contributed by atoms with van der Waals surface area (Å²) in [6.07, 6.45) is 1.02. The van der Waals surface area contributed by atoms with Crippen LogP contribution in [0.25, 0.3) is 0 Å². The smallest absolute Gasteiger partial charge is 0.241 e. The summed E-state index contributed by atoms with van der Waals surface area (Å²) < 4.78 is 5.39. The van der Waals surface area contributed by atoms with E-state index in [4.69, 9.17) is 9.73 Å². The van der Waals surface area contributed by atoms with Gasteiger partial charge in [-0.15, -0.1) is 0 Å². The zero-order valence-corrected chi connectivity index (χ0v) is 17.8. The number of nitrogens with zero attached hydrogens (tertiary/aromatic N) is 3. The van der Waals surface area contributed by atoms with Crippen molar-refractivity contribution in [1.29, 1.82) is 0 Å². The molecule has 0 atom stereocenters. The molecule has 1 fully saturated rings. The molecular weight excluding hydrogens is 354 g/mol. The molecule has 0 bridgehead atoms. The number of likely N-dealkylation sites (N-methyl/N-ethyl adjacent to an activating group) is 1. The normalized spacial score (nSPS) is 15.4. The van der Waals surface area contributed by atoms with Crippen LogP contribution in [0.1, 0.15) is 23.1 Å². The van der Waals surface area contributed by atoms with Crippen molar-refractivity contribution in [2.24, 2.45) is 4.99 Å². The van der Waals surface area contributed by atoms with Crippen molar-refractivity contribution in [3.8, 4) is 0 Å². The van der Waals surface area contributed by atoms with Crippen LogP contribution >= 0.6 is 0 Å². The van der Waals surface area contributed by atoms with Crippen molar-refractivity contribution < 1.29 is 9.53 Å². The molecule has 7 heteroatoms. The van der Waals surface area contributed by atoms with Crippen molar-refractivity contribution in [2.45, 2.75) is 26.8 Å². The highest BCUT2D eigenvalue weighted by Crippen LogP contribution is 2.11. The van der Waals surface area contributed by atoms with Crippen LogP contribution in [0.2, 0.25) is 0 Å². The summed E-state index contributed by atoms with van der Waals surface area (Å²) in [4.78, 5) is 20.6. The number of aryl methyl sites for hydroxylation is 2. The van der Waals surface area contributed by atoms with Gasteiger partial charge in [0.2, 0.25) is 5.91 Å². The number of hydrogen-bond acceptors (Lipinski definition) is 4. The van der Waals surface area contributed by atoms with Gasteiger partial charge < -0.3 is 20.3 Å². The van der Waals surface area contributed by atoms with E-state index in [1.54, 1.807) is 19.0 Å². The average Bonchev–Trinajstić information content (AvgIpc) is 2.68. The SMILES string of the molecule is Cc1ccc(CN=C(NCCCN2CCOCC2)NCC(=O)N(C)C)c(C)c1. The molecule has 0 aliphatic carbocycles. The fourth-order valence-electron chi connectivity index (χ4n) is 3.01. The van der Waals surface area contributed by atoms with Crippen LogP contribution in [0.5, 0.6) is 0 Å². The van der Waals surface area contributed by atoms with Gasteiger partial charge in [0.05, 0.1) is 26.3 Å². The van der Waals surface area contributed by atoms with Gasteiger partial charge in [-0.05, 0) is 37.9 Å². The fourth-order valence-corrected chi connectivity index (χ4v) is 3.01. The average molecular weight is 390 g/mol. The third kappa shape index (κ3) is 7.86. The number of amides is 1. The fraction of sp³-hybridized carbons (Fsp3) is 0.619. The number of nitrogens with one attached hydrogen (secondary N) is 2. The molecule has 2 N–H and O–H groups in total. The molecule has 0 spiro atoms. The molecule has 0 unspecified atom stereocenters. The van der Waals surface area contributed by atoms with Crippen LogP contribution in [-0.2, 0) is 16.1 Å². The number of ether oxygens (including phenoxy) is 1. The van der Waals surface area contributed by atoms with Gasteiger partial charge in [0.15, 0.2) is 5.96 Å². The van der Waals surface area contributed by atoms with Gasteiger partial charge in [0.25, 0.3) is 0 Å². The summed E-state index contributed by atoms with van der Waals surface area (Å²) >= 11 is 0. The monoisotopic (exact) mass is 389 g/mol. The van der Waals surface area contributed by atoms with E-state index >= 15 is 0 Å². The third-order valence-electron chi connectivity index (χ3n) is 4.86. The Morgan fingerprint density at radius 3 is 2.64 bits per heavy atom. The summed E-state index contributed by atoms with van der Waals surface area (Å²) in [7, 11) is 3.51. The topological polar surface area (TPSA) is 69.2 Å². The van der Waals surface area contributed by atoms with E-state index in [1.807, 2.05) is 0 Å². The molecule has 28 heavy (non-hydrogen) atoms. The van der Waals surface area contributed by atoms with Crippen molar-refractivity contribution in [3.05, 3.63) is 34.9 Å². The van der Waals surface area contributed by atoms with Crippen molar-refractivity contribution in [2.75, 3.05) is 60.0 Å². The first kappa shape index (κ1) is 22.2. The minimum Gasteiger partial charge on any atom is -0.379 e. The lowest BCUT2D eigenvalue weighted by Gasteiger charge is -2.26. The Labute approximate surface area is 169 Å². The molecule has 1 aromatic carbocycles. The molecule has 2 rings (SSSR count). The van der Waals surface area contributed by atoms with Gasteiger partial charge in [0, 0.05) is 33.7 Å². The summed E-state index contributed by atoms with van der Waals surface area (Å²) in [6.45, 7) is 10.5. The quantitative estimate of drug-likeness (QED) is 0.397. The van der Waals surface area contributed by atoms with Crippen LogP contribution in [0.15, 0.2) is 23.2 Å². The number of benzene rings is 1. The van der Waals surface area contributed by atoms with Gasteiger partial charge in [-0.25, -0.2) is 4.99 Å². The minimum atomic E-state index is 0.0225. The lowest BCUT2D eigenvalue weighted by molar-refractivity contribution is -0.127. The molecule has 1 aromatic rings. The molecule has 1 saturated heterocycles. The Morgan fingerprint density at radius 1 is 1.21 bits per heavy atom. The molecule has 7 nitrogen and oxygen atoms in total. The number of guanidine groups is 1. The predicted molar refractivity (Wildman–Crippen MR) is 114 cm³/mol. The van der Waals surface area contributed by atoms with E-state index < -0.39 is 0 Å². The molecular formula is C21H35N5O2. The standard InChI is InChI=1S/C21H35N5O2/c1-17-6-7-19(18(2)14-17)15-23-21(24-16-20(27)25(3)4)22-8-5-9-26-10-12-28-13-11-26/h6-7,14H,5,8-13,15-16H2,1-4H3,(H2,22,23,24). The number of rotatable bonds is 8. The second-order valence-corrected chi connectivity index (χ2v) is 7.47. The second-order valence-electron chi connectivity index (χ2n) is 7.47. The highest BCUT2D eigenvalue weighted by atomic mass is 16.5. The molecule has 0 radical (unpaired) electrons. The van der Waals surface area contributed by atoms with E-state index in [2.05, 4.69) is 47.6 Å². The first-order chi connectivity index (χ1) is 13.5. The van der Waals surface area contributed by atoms with E-state index in [0.29, 0.717) is 12.5 Å². The van der Waals surface area contributed by atoms with Crippen LogP contribution in [-0.4, -0.2) is 81.7 Å². The number of morpholine rings is 1. The number of carbonyl (C=O) groups excluding carboxylic acids is 1. The largest absolute Gasteiger partial charge is 0.379 e. The maximum absolute atomic E-state index is 11.9. The highest BCUT2D eigenvalue weighted by molar-refractivity contribution is 5.86. The van der Waals surface area contributed by atoms with Crippen LogP contribution < -0.4 is 10.6 Å². The summed E-state index contributed by atoms with van der Waals surface area (Å²) in [5, 5.41) is 6.52. The first-order valence-electron chi connectivity index (χ1n) is 10.0. The predicted octanol–water partition coefficient (Wildman–Crippen LogP) is 1.15. The Bertz CT molecular complexity index is 654. The Kier molecular flexibility index (Phi) is 9.23. The molecule has 0 saturated carbocycles. The molecule has 156 valence electrons. The molecule has 1 aliphatic rings. The Morgan fingerprint density at radius 2 is 1.96 bits per heavy atom. The summed E-state index contributed by atoms with van der Waals surface area (Å²) in [5.74, 6) is 0.700. The van der Waals surface area contributed by atoms with Gasteiger partial charge >= 0.3 is 0 Å². The van der Waals surface area contributed by atoms with E-state index in [-0.39, 0.29) is 12.5 Å². The Hall–Kier alpha value is -2.12. The van der Waals surface area contributed by atoms with Gasteiger partial charge in [-0.1, -0.05) is 23.8 Å². The molecule has 1 heterocycles. The first-order valence-corrected chi connectivity index (χ1v) is 10.0. The molecule has 0 aromatic heterocycles. The zero-order chi connectivity index (χ0) is 20.4. The van der Waals surface area contributed by atoms with E-state index in [9.17, 15) is 4.79 Å². The van der Waals surface area contributed by atoms with Crippen molar-refractivity contribution in [3.63, 3.8) is 0 Å². The lowest BCUT2D eigenvalue weighted by Crippen LogP contribution is -2.44. The highest BCUT2D eigenvalue weighted by Gasteiger charge is 2.10. The van der Waals surface area contributed by atoms with Crippen molar-refractivity contribution >= 4 is 11.9 Å². The zero-order valence-electron chi connectivity index (χ0n) is 17.8. The number of aliphatic imine (C=N–C) groups is 1. The lowest BCUT2D eigenvalue weighted by atomic mass is 10.1. The van der Waals surface area contributed by atoms with E-state index in [0.717, 1.165) is 45.8 Å².